The van der Waals surface area contributed by atoms with Gasteiger partial charge in [0.05, 0.1) is 22.8 Å². The second-order valence-corrected chi connectivity index (χ2v) is 8.19. The molecule has 0 saturated heterocycles. The van der Waals surface area contributed by atoms with E-state index in [1.807, 2.05) is 41.9 Å². The standard InChI is InChI=1S/C20H17N5O2S2/c1-13(26)21-11-16-7-8-18(29-16)17-12-28-20(23-17)24-19(27)14-3-5-15(6-4-14)25-10-2-9-22-25/h2-10,12H,11H2,1H3,(H,21,26)(H,23,24,27). The van der Waals surface area contributed by atoms with Crippen LogP contribution in [-0.2, 0) is 11.3 Å². The minimum Gasteiger partial charge on any atom is -0.351 e. The zero-order valence-electron chi connectivity index (χ0n) is 15.5. The smallest absolute Gasteiger partial charge is 0.257 e. The summed E-state index contributed by atoms with van der Waals surface area (Å²) in [6.45, 7) is 2.00. The first-order valence-electron chi connectivity index (χ1n) is 8.79. The summed E-state index contributed by atoms with van der Waals surface area (Å²) in [4.78, 5) is 30.1. The van der Waals surface area contributed by atoms with Crippen LogP contribution in [0.5, 0.6) is 0 Å². The number of hydrogen-bond acceptors (Lipinski definition) is 6. The fraction of sp³-hybridized carbons (Fsp3) is 0.100. The van der Waals surface area contributed by atoms with Crippen molar-refractivity contribution in [2.45, 2.75) is 13.5 Å². The van der Waals surface area contributed by atoms with Gasteiger partial charge in [-0.3, -0.25) is 14.9 Å². The fourth-order valence-electron chi connectivity index (χ4n) is 2.62. The first-order valence-corrected chi connectivity index (χ1v) is 10.5. The summed E-state index contributed by atoms with van der Waals surface area (Å²) in [5.74, 6) is -0.272. The highest BCUT2D eigenvalue weighted by Crippen LogP contribution is 2.31. The van der Waals surface area contributed by atoms with Gasteiger partial charge in [0.2, 0.25) is 5.91 Å². The Labute approximate surface area is 175 Å². The molecule has 9 heteroatoms. The lowest BCUT2D eigenvalue weighted by Crippen LogP contribution is -2.17. The number of thiazole rings is 1. The number of aromatic nitrogens is 3. The summed E-state index contributed by atoms with van der Waals surface area (Å²) in [5.41, 5.74) is 2.24. The van der Waals surface area contributed by atoms with Crippen LogP contribution in [0.3, 0.4) is 0 Å². The number of anilines is 1. The lowest BCUT2D eigenvalue weighted by Gasteiger charge is -2.04. The molecule has 2 amide bonds. The van der Waals surface area contributed by atoms with Gasteiger partial charge in [0.25, 0.3) is 5.91 Å². The van der Waals surface area contributed by atoms with Crippen LogP contribution in [0.1, 0.15) is 22.2 Å². The molecule has 3 heterocycles. The molecule has 2 N–H and O–H groups in total. The van der Waals surface area contributed by atoms with Crippen molar-refractivity contribution in [1.29, 1.82) is 0 Å². The summed E-state index contributed by atoms with van der Waals surface area (Å²) in [7, 11) is 0. The van der Waals surface area contributed by atoms with Gasteiger partial charge in [-0.05, 0) is 42.5 Å². The highest BCUT2D eigenvalue weighted by atomic mass is 32.1. The van der Waals surface area contributed by atoms with Gasteiger partial charge in [-0.25, -0.2) is 9.67 Å². The first kappa shape index (κ1) is 19.0. The normalized spacial score (nSPS) is 10.7. The maximum atomic E-state index is 12.5. The van der Waals surface area contributed by atoms with Gasteiger partial charge in [-0.2, -0.15) is 5.10 Å². The molecule has 0 aliphatic heterocycles. The molecule has 1 aromatic carbocycles. The van der Waals surface area contributed by atoms with Crippen LogP contribution in [-0.4, -0.2) is 26.6 Å². The molecule has 0 bridgehead atoms. The summed E-state index contributed by atoms with van der Waals surface area (Å²) in [6.07, 6.45) is 3.55. The molecule has 4 aromatic rings. The predicted molar refractivity (Wildman–Crippen MR) is 114 cm³/mol. The van der Waals surface area contributed by atoms with Crippen molar-refractivity contribution in [3.05, 3.63) is 70.7 Å². The Kier molecular flexibility index (Phi) is 5.50. The van der Waals surface area contributed by atoms with E-state index in [1.54, 1.807) is 34.3 Å². The van der Waals surface area contributed by atoms with Crippen molar-refractivity contribution >= 4 is 39.6 Å². The van der Waals surface area contributed by atoms with Crippen LogP contribution in [0, 0.1) is 0 Å². The quantitative estimate of drug-likeness (QED) is 0.492. The SMILES string of the molecule is CC(=O)NCc1ccc(-c2csc(NC(=O)c3ccc(-n4cccn4)cc3)n2)s1. The van der Waals surface area contributed by atoms with E-state index in [4.69, 9.17) is 0 Å². The Morgan fingerprint density at radius 2 is 1.97 bits per heavy atom. The maximum Gasteiger partial charge on any atom is 0.257 e. The van der Waals surface area contributed by atoms with E-state index in [0.717, 1.165) is 21.1 Å². The van der Waals surface area contributed by atoms with E-state index < -0.39 is 0 Å². The van der Waals surface area contributed by atoms with Gasteiger partial charge < -0.3 is 5.32 Å². The molecule has 0 saturated carbocycles. The largest absolute Gasteiger partial charge is 0.351 e. The topological polar surface area (TPSA) is 88.9 Å². The van der Waals surface area contributed by atoms with Crippen LogP contribution in [0.25, 0.3) is 16.3 Å². The second-order valence-electron chi connectivity index (χ2n) is 6.17. The molecular formula is C20H17N5O2S2. The molecule has 146 valence electrons. The number of carbonyl (C=O) groups excluding carboxylic acids is 2. The minimum absolute atomic E-state index is 0.0590. The van der Waals surface area contributed by atoms with Gasteiger partial charge in [0.1, 0.15) is 0 Å². The highest BCUT2D eigenvalue weighted by molar-refractivity contribution is 7.17. The van der Waals surface area contributed by atoms with Crippen LogP contribution in [0.4, 0.5) is 5.13 Å². The van der Waals surface area contributed by atoms with Crippen molar-refractivity contribution in [3.63, 3.8) is 0 Å². The molecule has 0 aliphatic rings. The Balaban J connectivity index is 1.41. The summed E-state index contributed by atoms with van der Waals surface area (Å²) >= 11 is 2.94. The molecule has 0 radical (unpaired) electrons. The van der Waals surface area contributed by atoms with Gasteiger partial charge in [0.15, 0.2) is 5.13 Å². The Morgan fingerprint density at radius 3 is 2.69 bits per heavy atom. The average Bonchev–Trinajstić information content (AvgIpc) is 3.47. The number of hydrogen-bond donors (Lipinski definition) is 2. The first-order chi connectivity index (χ1) is 14.1. The Morgan fingerprint density at radius 1 is 1.14 bits per heavy atom. The van der Waals surface area contributed by atoms with Crippen molar-refractivity contribution in [1.82, 2.24) is 20.1 Å². The van der Waals surface area contributed by atoms with E-state index in [0.29, 0.717) is 17.2 Å². The second kappa shape index (κ2) is 8.38. The van der Waals surface area contributed by atoms with Crippen molar-refractivity contribution in [2.75, 3.05) is 5.32 Å². The minimum atomic E-state index is -0.213. The molecule has 29 heavy (non-hydrogen) atoms. The predicted octanol–water partition coefficient (Wildman–Crippen LogP) is 3.95. The van der Waals surface area contributed by atoms with E-state index in [-0.39, 0.29) is 11.8 Å². The molecule has 7 nitrogen and oxygen atoms in total. The van der Waals surface area contributed by atoms with Crippen molar-refractivity contribution in [2.24, 2.45) is 0 Å². The van der Waals surface area contributed by atoms with Crippen LogP contribution < -0.4 is 10.6 Å². The molecule has 0 fully saturated rings. The monoisotopic (exact) mass is 423 g/mol. The van der Waals surface area contributed by atoms with E-state index in [2.05, 4.69) is 20.7 Å². The van der Waals surface area contributed by atoms with Gasteiger partial charge >= 0.3 is 0 Å². The zero-order chi connectivity index (χ0) is 20.2. The number of nitrogens with zero attached hydrogens (tertiary/aromatic N) is 3. The molecule has 0 unspecified atom stereocenters. The number of rotatable bonds is 6. The fourth-order valence-corrected chi connectivity index (χ4v) is 4.31. The Hall–Kier alpha value is -3.30. The number of benzene rings is 1. The van der Waals surface area contributed by atoms with Crippen molar-refractivity contribution < 1.29 is 9.59 Å². The lowest BCUT2D eigenvalue weighted by molar-refractivity contribution is -0.119. The third-order valence-electron chi connectivity index (χ3n) is 4.05. The summed E-state index contributed by atoms with van der Waals surface area (Å²) in [6, 6.07) is 13.0. The van der Waals surface area contributed by atoms with Gasteiger partial charge in [-0.15, -0.1) is 22.7 Å². The summed E-state index contributed by atoms with van der Waals surface area (Å²) in [5, 5.41) is 12.2. The third kappa shape index (κ3) is 4.58. The van der Waals surface area contributed by atoms with E-state index in [9.17, 15) is 9.59 Å². The van der Waals surface area contributed by atoms with Crippen molar-refractivity contribution in [3.8, 4) is 16.3 Å². The van der Waals surface area contributed by atoms with Crippen LogP contribution in [0.2, 0.25) is 0 Å². The van der Waals surface area contributed by atoms with E-state index >= 15 is 0 Å². The molecule has 3 aromatic heterocycles. The molecule has 0 atom stereocenters. The van der Waals surface area contributed by atoms with Crippen LogP contribution >= 0.6 is 22.7 Å². The highest BCUT2D eigenvalue weighted by Gasteiger charge is 2.12. The summed E-state index contributed by atoms with van der Waals surface area (Å²) < 4.78 is 1.73. The number of nitrogens with one attached hydrogen (secondary N) is 2. The van der Waals surface area contributed by atoms with E-state index in [1.165, 1.54) is 18.3 Å². The van der Waals surface area contributed by atoms with Gasteiger partial charge in [-0.1, -0.05) is 0 Å². The van der Waals surface area contributed by atoms with Crippen LogP contribution in [0.15, 0.2) is 60.2 Å². The average molecular weight is 424 g/mol. The molecule has 4 rings (SSSR count). The third-order valence-corrected chi connectivity index (χ3v) is 5.91. The van der Waals surface area contributed by atoms with Gasteiger partial charge in [0, 0.05) is 35.1 Å². The maximum absolute atomic E-state index is 12.5. The molecule has 0 aliphatic carbocycles. The molecular weight excluding hydrogens is 406 g/mol. The number of carbonyl (C=O) groups is 2. The zero-order valence-corrected chi connectivity index (χ0v) is 17.1. The molecule has 0 spiro atoms. The number of thiophene rings is 1. The lowest BCUT2D eigenvalue weighted by atomic mass is 10.2. The Bertz CT molecular complexity index is 1130. The number of amides is 2.